The van der Waals surface area contributed by atoms with Gasteiger partial charge < -0.3 is 19.0 Å². The molecule has 5 aromatic rings. The highest BCUT2D eigenvalue weighted by molar-refractivity contribution is 5.94. The third-order valence-corrected chi connectivity index (χ3v) is 5.75. The number of carbonyl (C=O) groups is 2. The lowest BCUT2D eigenvalue weighted by Crippen LogP contribution is -2.16. The number of aromatic amines is 1. The quantitative estimate of drug-likeness (QED) is 0.271. The molecule has 0 aliphatic heterocycles. The van der Waals surface area contributed by atoms with Crippen molar-refractivity contribution in [2.75, 3.05) is 5.32 Å². The van der Waals surface area contributed by atoms with Crippen LogP contribution in [-0.4, -0.2) is 27.7 Å². The lowest BCUT2D eigenvalue weighted by Gasteiger charge is -2.14. The van der Waals surface area contributed by atoms with Gasteiger partial charge in [-0.15, -0.1) is 0 Å². The molecule has 1 amide bonds. The van der Waals surface area contributed by atoms with Crippen LogP contribution in [0, 0.1) is 6.92 Å². The number of H-pyrrole nitrogens is 1. The first kappa shape index (κ1) is 22.9. The molecule has 0 saturated heterocycles. The van der Waals surface area contributed by atoms with Crippen LogP contribution >= 0.6 is 0 Å². The van der Waals surface area contributed by atoms with Gasteiger partial charge in [0, 0.05) is 11.1 Å². The minimum absolute atomic E-state index is 0.271. The molecular formula is C27H22N4O5. The van der Waals surface area contributed by atoms with Crippen molar-refractivity contribution in [2.45, 2.75) is 20.0 Å². The van der Waals surface area contributed by atoms with Gasteiger partial charge >= 0.3 is 6.09 Å². The van der Waals surface area contributed by atoms with Crippen LogP contribution in [0.3, 0.4) is 0 Å². The Labute approximate surface area is 206 Å². The first-order valence-corrected chi connectivity index (χ1v) is 11.2. The first-order valence-electron chi connectivity index (χ1n) is 11.2. The fourth-order valence-electron chi connectivity index (χ4n) is 3.90. The third-order valence-electron chi connectivity index (χ3n) is 5.75. The summed E-state index contributed by atoms with van der Waals surface area (Å²) < 4.78 is 15.9. The molecule has 9 nitrogen and oxygen atoms in total. The van der Waals surface area contributed by atoms with Gasteiger partial charge in [0.1, 0.15) is 23.3 Å². The number of imidazole rings is 1. The van der Waals surface area contributed by atoms with Gasteiger partial charge in [-0.05, 0) is 42.3 Å². The zero-order valence-electron chi connectivity index (χ0n) is 19.5. The van der Waals surface area contributed by atoms with Gasteiger partial charge in [-0.2, -0.15) is 0 Å². The van der Waals surface area contributed by atoms with Crippen molar-refractivity contribution in [1.82, 2.24) is 15.1 Å². The molecule has 180 valence electrons. The molecule has 0 aliphatic rings. The van der Waals surface area contributed by atoms with Crippen molar-refractivity contribution < 1.29 is 23.6 Å². The smallest absolute Gasteiger partial charge is 0.412 e. The molecule has 0 fully saturated rings. The predicted octanol–water partition coefficient (Wildman–Crippen LogP) is 6.04. The molecule has 0 radical (unpaired) electrons. The Morgan fingerprint density at radius 1 is 1.06 bits per heavy atom. The van der Waals surface area contributed by atoms with Crippen LogP contribution in [0.15, 0.2) is 77.4 Å². The van der Waals surface area contributed by atoms with Gasteiger partial charge in [-0.3, -0.25) is 10.1 Å². The number of aromatic nitrogens is 3. The maximum atomic E-state index is 12.6. The van der Waals surface area contributed by atoms with Crippen molar-refractivity contribution in [1.29, 1.82) is 0 Å². The van der Waals surface area contributed by atoms with E-state index in [9.17, 15) is 9.59 Å². The van der Waals surface area contributed by atoms with Gasteiger partial charge in [0.05, 0.1) is 6.20 Å². The zero-order chi connectivity index (χ0) is 25.1. The fourth-order valence-corrected chi connectivity index (χ4v) is 3.90. The number of anilines is 1. The van der Waals surface area contributed by atoms with Crippen molar-refractivity contribution in [3.05, 3.63) is 84.2 Å². The number of nitrogens with one attached hydrogen (secondary N) is 2. The number of hydrogen-bond acceptors (Lipinski definition) is 7. The van der Waals surface area contributed by atoms with Crippen molar-refractivity contribution in [3.8, 4) is 28.6 Å². The standard InChI is InChI=1S/C27H22N4O5/c1-16-24(30-27(33)35-17(2)18-6-4-3-5-7-18)25(36-31-16)21-10-8-20-13-22(11-9-19(20)12-21)26-28-14-23(29-26)34-15-32/h3-15,17H,1-2H3,(H,28,29)(H,30,33). The second-order valence-electron chi connectivity index (χ2n) is 8.14. The van der Waals surface area contributed by atoms with E-state index >= 15 is 0 Å². The normalized spacial score (nSPS) is 11.7. The minimum Gasteiger partial charge on any atom is -0.441 e. The van der Waals surface area contributed by atoms with E-state index in [1.807, 2.05) is 73.7 Å². The monoisotopic (exact) mass is 482 g/mol. The van der Waals surface area contributed by atoms with Crippen LogP contribution in [-0.2, 0) is 9.53 Å². The molecule has 0 bridgehead atoms. The molecule has 9 heteroatoms. The number of hydrogen-bond donors (Lipinski definition) is 2. The second-order valence-corrected chi connectivity index (χ2v) is 8.14. The molecule has 1 atom stereocenters. The molecule has 2 N–H and O–H groups in total. The SMILES string of the molecule is Cc1noc(-c2ccc3cc(-c4ncc(OC=O)[nH]4)ccc3c2)c1NC(=O)OC(C)c1ccccc1. The maximum Gasteiger partial charge on any atom is 0.412 e. The number of rotatable bonds is 7. The molecule has 2 aromatic heterocycles. The Morgan fingerprint density at radius 3 is 2.53 bits per heavy atom. The summed E-state index contributed by atoms with van der Waals surface area (Å²) in [5, 5.41) is 8.74. The summed E-state index contributed by atoms with van der Waals surface area (Å²) in [6.45, 7) is 3.91. The lowest BCUT2D eigenvalue weighted by atomic mass is 10.0. The van der Waals surface area contributed by atoms with E-state index in [0.29, 0.717) is 29.4 Å². The molecule has 0 saturated carbocycles. The number of ether oxygens (including phenoxy) is 2. The molecule has 36 heavy (non-hydrogen) atoms. The molecule has 3 aromatic carbocycles. The van der Waals surface area contributed by atoms with Crippen LogP contribution in [0.25, 0.3) is 33.5 Å². The van der Waals surface area contributed by atoms with Crippen LogP contribution in [0.2, 0.25) is 0 Å². The summed E-state index contributed by atoms with van der Waals surface area (Å²) in [5.41, 5.74) is 3.47. The summed E-state index contributed by atoms with van der Waals surface area (Å²) in [6.07, 6.45) is 0.435. The summed E-state index contributed by atoms with van der Waals surface area (Å²) in [4.78, 5) is 30.3. The molecule has 5 rings (SSSR count). The van der Waals surface area contributed by atoms with E-state index in [4.69, 9.17) is 14.0 Å². The van der Waals surface area contributed by atoms with Gasteiger partial charge in [-0.25, -0.2) is 9.78 Å². The highest BCUT2D eigenvalue weighted by Crippen LogP contribution is 2.34. The topological polar surface area (TPSA) is 119 Å². The predicted molar refractivity (Wildman–Crippen MR) is 133 cm³/mol. The Balaban J connectivity index is 1.37. The highest BCUT2D eigenvalue weighted by atomic mass is 16.6. The van der Waals surface area contributed by atoms with Gasteiger partial charge in [0.2, 0.25) is 5.88 Å². The molecule has 0 aliphatic carbocycles. The molecule has 1 unspecified atom stereocenters. The van der Waals surface area contributed by atoms with Crippen molar-refractivity contribution >= 4 is 29.0 Å². The van der Waals surface area contributed by atoms with Crippen LogP contribution < -0.4 is 10.1 Å². The largest absolute Gasteiger partial charge is 0.441 e. The highest BCUT2D eigenvalue weighted by Gasteiger charge is 2.20. The lowest BCUT2D eigenvalue weighted by molar-refractivity contribution is -0.120. The van der Waals surface area contributed by atoms with E-state index in [2.05, 4.69) is 20.4 Å². The average molecular weight is 482 g/mol. The van der Waals surface area contributed by atoms with E-state index in [1.54, 1.807) is 6.92 Å². The molecular weight excluding hydrogens is 460 g/mol. The maximum absolute atomic E-state index is 12.6. The Kier molecular flexibility index (Phi) is 6.19. The Hall–Kier alpha value is -4.92. The van der Waals surface area contributed by atoms with Gasteiger partial charge in [0.15, 0.2) is 5.76 Å². The van der Waals surface area contributed by atoms with Crippen LogP contribution in [0.5, 0.6) is 5.88 Å². The molecule has 2 heterocycles. The first-order chi connectivity index (χ1) is 17.5. The number of fused-ring (bicyclic) bond motifs is 1. The van der Waals surface area contributed by atoms with Gasteiger partial charge in [0.25, 0.3) is 6.47 Å². The fraction of sp³-hybridized carbons (Fsp3) is 0.111. The van der Waals surface area contributed by atoms with Crippen molar-refractivity contribution in [2.24, 2.45) is 0 Å². The number of aryl methyl sites for hydroxylation is 1. The molecule has 0 spiro atoms. The van der Waals surface area contributed by atoms with E-state index in [0.717, 1.165) is 27.5 Å². The Morgan fingerprint density at radius 2 is 1.78 bits per heavy atom. The van der Waals surface area contributed by atoms with E-state index in [1.165, 1.54) is 6.20 Å². The Bertz CT molecular complexity index is 1540. The van der Waals surface area contributed by atoms with E-state index < -0.39 is 12.2 Å². The second kappa shape index (κ2) is 9.75. The van der Waals surface area contributed by atoms with Crippen molar-refractivity contribution in [3.63, 3.8) is 0 Å². The number of carbonyl (C=O) groups excluding carboxylic acids is 2. The number of amides is 1. The third kappa shape index (κ3) is 4.67. The number of nitrogens with zero attached hydrogens (tertiary/aromatic N) is 2. The average Bonchev–Trinajstić information content (AvgIpc) is 3.51. The number of benzene rings is 3. The van der Waals surface area contributed by atoms with Crippen LogP contribution in [0.1, 0.15) is 24.3 Å². The summed E-state index contributed by atoms with van der Waals surface area (Å²) in [5.74, 6) is 1.29. The summed E-state index contributed by atoms with van der Waals surface area (Å²) in [6, 6.07) is 21.1. The van der Waals surface area contributed by atoms with Crippen LogP contribution in [0.4, 0.5) is 10.5 Å². The van der Waals surface area contributed by atoms with E-state index in [-0.39, 0.29) is 5.88 Å². The summed E-state index contributed by atoms with van der Waals surface area (Å²) >= 11 is 0. The zero-order valence-corrected chi connectivity index (χ0v) is 19.5. The minimum atomic E-state index is -0.597. The van der Waals surface area contributed by atoms with Gasteiger partial charge in [-0.1, -0.05) is 59.8 Å². The summed E-state index contributed by atoms with van der Waals surface area (Å²) in [7, 11) is 0.